The second-order valence-corrected chi connectivity index (χ2v) is 7.70. The molecular formula is C23H29N3O2. The number of carbonyl (C=O) groups excluding carboxylic acids is 2. The molecule has 1 atom stereocenters. The minimum atomic E-state index is -0.300. The van der Waals surface area contributed by atoms with Crippen LogP contribution < -0.4 is 10.2 Å². The van der Waals surface area contributed by atoms with Crippen LogP contribution in [-0.2, 0) is 29.1 Å². The van der Waals surface area contributed by atoms with Gasteiger partial charge in [0.25, 0.3) is 0 Å². The molecule has 1 saturated heterocycles. The van der Waals surface area contributed by atoms with Gasteiger partial charge < -0.3 is 15.1 Å². The standard InChI is InChI=1S/C23H29N3O2/c1-4-17-9-11-21(12-10-17)26-16-20(13-22(26)27)23(28)24-14-18-5-7-19(8-6-18)15-25(2)3/h5-12,20H,4,13-16H2,1-3H3,(H,24,28). The highest BCUT2D eigenvalue weighted by Gasteiger charge is 2.34. The van der Waals surface area contributed by atoms with Crippen LogP contribution in [0.5, 0.6) is 0 Å². The molecular weight excluding hydrogens is 350 g/mol. The third-order valence-electron chi connectivity index (χ3n) is 5.14. The van der Waals surface area contributed by atoms with Crippen molar-refractivity contribution < 1.29 is 9.59 Å². The molecule has 5 nitrogen and oxygen atoms in total. The number of anilines is 1. The number of nitrogens with one attached hydrogen (secondary N) is 1. The van der Waals surface area contributed by atoms with E-state index in [1.54, 1.807) is 4.90 Å². The first-order chi connectivity index (χ1) is 13.5. The number of hydrogen-bond acceptors (Lipinski definition) is 3. The maximum Gasteiger partial charge on any atom is 0.227 e. The molecule has 1 N–H and O–H groups in total. The van der Waals surface area contributed by atoms with E-state index in [0.29, 0.717) is 13.1 Å². The molecule has 0 aliphatic carbocycles. The minimum Gasteiger partial charge on any atom is -0.352 e. The molecule has 5 heteroatoms. The first kappa shape index (κ1) is 20.1. The third-order valence-corrected chi connectivity index (χ3v) is 5.14. The fourth-order valence-corrected chi connectivity index (χ4v) is 3.51. The summed E-state index contributed by atoms with van der Waals surface area (Å²) in [6.45, 7) is 3.92. The van der Waals surface area contributed by atoms with Crippen molar-refractivity contribution in [1.82, 2.24) is 10.2 Å². The molecule has 1 aliphatic rings. The Morgan fingerprint density at radius 1 is 1.04 bits per heavy atom. The highest BCUT2D eigenvalue weighted by Crippen LogP contribution is 2.25. The summed E-state index contributed by atoms with van der Waals surface area (Å²) in [5.41, 5.74) is 4.41. The molecule has 148 valence electrons. The van der Waals surface area contributed by atoms with Gasteiger partial charge in [-0.2, -0.15) is 0 Å². The predicted molar refractivity (Wildman–Crippen MR) is 112 cm³/mol. The number of rotatable bonds is 7. The molecule has 0 radical (unpaired) electrons. The summed E-state index contributed by atoms with van der Waals surface area (Å²) in [6, 6.07) is 16.3. The summed E-state index contributed by atoms with van der Waals surface area (Å²) in [7, 11) is 4.08. The van der Waals surface area contributed by atoms with Crippen molar-refractivity contribution in [2.75, 3.05) is 25.5 Å². The van der Waals surface area contributed by atoms with Crippen molar-refractivity contribution in [3.8, 4) is 0 Å². The molecule has 2 aromatic carbocycles. The molecule has 0 saturated carbocycles. The van der Waals surface area contributed by atoms with Gasteiger partial charge in [-0.05, 0) is 49.3 Å². The third kappa shape index (κ3) is 4.98. The van der Waals surface area contributed by atoms with Gasteiger partial charge in [-0.15, -0.1) is 0 Å². The SMILES string of the molecule is CCc1ccc(N2CC(C(=O)NCc3ccc(CN(C)C)cc3)CC2=O)cc1. The summed E-state index contributed by atoms with van der Waals surface area (Å²) in [5.74, 6) is -0.345. The Morgan fingerprint density at radius 3 is 2.25 bits per heavy atom. The van der Waals surface area contributed by atoms with Crippen LogP contribution in [0.3, 0.4) is 0 Å². The van der Waals surface area contributed by atoms with Gasteiger partial charge >= 0.3 is 0 Å². The lowest BCUT2D eigenvalue weighted by molar-refractivity contribution is -0.126. The molecule has 0 aromatic heterocycles. The fraction of sp³-hybridized carbons (Fsp3) is 0.391. The lowest BCUT2D eigenvalue weighted by atomic mass is 10.1. The van der Waals surface area contributed by atoms with E-state index in [2.05, 4.69) is 29.3 Å². The molecule has 1 aliphatic heterocycles. The Balaban J connectivity index is 1.54. The maximum atomic E-state index is 12.6. The minimum absolute atomic E-state index is 0.0115. The summed E-state index contributed by atoms with van der Waals surface area (Å²) in [4.78, 5) is 28.8. The molecule has 28 heavy (non-hydrogen) atoms. The van der Waals surface area contributed by atoms with Gasteiger partial charge in [0.1, 0.15) is 0 Å². The number of nitrogens with zero attached hydrogens (tertiary/aromatic N) is 2. The Labute approximate surface area is 167 Å². The van der Waals surface area contributed by atoms with Gasteiger partial charge in [0, 0.05) is 31.7 Å². The van der Waals surface area contributed by atoms with E-state index in [1.807, 2.05) is 50.5 Å². The number of aryl methyl sites for hydroxylation is 1. The summed E-state index contributed by atoms with van der Waals surface area (Å²) >= 11 is 0. The van der Waals surface area contributed by atoms with E-state index in [-0.39, 0.29) is 24.2 Å². The molecule has 1 heterocycles. The molecule has 0 spiro atoms. The fourth-order valence-electron chi connectivity index (χ4n) is 3.51. The largest absolute Gasteiger partial charge is 0.352 e. The quantitative estimate of drug-likeness (QED) is 0.805. The van der Waals surface area contributed by atoms with E-state index in [1.165, 1.54) is 11.1 Å². The smallest absolute Gasteiger partial charge is 0.227 e. The Hall–Kier alpha value is -2.66. The van der Waals surface area contributed by atoms with E-state index >= 15 is 0 Å². The van der Waals surface area contributed by atoms with Crippen LogP contribution >= 0.6 is 0 Å². The van der Waals surface area contributed by atoms with Crippen LogP contribution in [-0.4, -0.2) is 37.4 Å². The van der Waals surface area contributed by atoms with Crippen LogP contribution in [0, 0.1) is 5.92 Å². The molecule has 1 unspecified atom stereocenters. The first-order valence-electron chi connectivity index (χ1n) is 9.86. The molecule has 2 aromatic rings. The Kier molecular flexibility index (Phi) is 6.47. The van der Waals surface area contributed by atoms with E-state index in [9.17, 15) is 9.59 Å². The molecule has 3 rings (SSSR count). The van der Waals surface area contributed by atoms with Gasteiger partial charge in [0.2, 0.25) is 11.8 Å². The van der Waals surface area contributed by atoms with Crippen LogP contribution in [0.25, 0.3) is 0 Å². The lowest BCUT2D eigenvalue weighted by Gasteiger charge is -2.17. The van der Waals surface area contributed by atoms with Gasteiger partial charge in [-0.3, -0.25) is 9.59 Å². The van der Waals surface area contributed by atoms with Gasteiger partial charge in [-0.1, -0.05) is 43.3 Å². The van der Waals surface area contributed by atoms with Gasteiger partial charge in [0.15, 0.2) is 0 Å². The highest BCUT2D eigenvalue weighted by molar-refractivity contribution is 6.00. The van der Waals surface area contributed by atoms with Crippen molar-refractivity contribution >= 4 is 17.5 Å². The Bertz CT molecular complexity index is 813. The van der Waals surface area contributed by atoms with E-state index in [0.717, 1.165) is 24.2 Å². The molecule has 2 amide bonds. The van der Waals surface area contributed by atoms with Gasteiger partial charge in [0.05, 0.1) is 5.92 Å². The van der Waals surface area contributed by atoms with Crippen molar-refractivity contribution in [3.63, 3.8) is 0 Å². The van der Waals surface area contributed by atoms with Crippen molar-refractivity contribution in [1.29, 1.82) is 0 Å². The van der Waals surface area contributed by atoms with Crippen LogP contribution in [0.2, 0.25) is 0 Å². The van der Waals surface area contributed by atoms with Crippen molar-refractivity contribution in [2.24, 2.45) is 5.92 Å². The zero-order chi connectivity index (χ0) is 20.1. The lowest BCUT2D eigenvalue weighted by Crippen LogP contribution is -2.32. The maximum absolute atomic E-state index is 12.6. The second-order valence-electron chi connectivity index (χ2n) is 7.70. The normalized spacial score (nSPS) is 16.6. The number of benzene rings is 2. The van der Waals surface area contributed by atoms with E-state index < -0.39 is 0 Å². The zero-order valence-electron chi connectivity index (χ0n) is 16.9. The highest BCUT2D eigenvalue weighted by atomic mass is 16.2. The average Bonchev–Trinajstić information content (AvgIpc) is 3.08. The monoisotopic (exact) mass is 379 g/mol. The van der Waals surface area contributed by atoms with Crippen molar-refractivity contribution in [3.05, 3.63) is 65.2 Å². The van der Waals surface area contributed by atoms with Crippen LogP contribution in [0.1, 0.15) is 30.0 Å². The first-order valence-corrected chi connectivity index (χ1v) is 9.86. The summed E-state index contributed by atoms with van der Waals surface area (Å²) in [6.07, 6.45) is 1.23. The number of amides is 2. The Morgan fingerprint density at radius 2 is 1.64 bits per heavy atom. The number of carbonyl (C=O) groups is 2. The topological polar surface area (TPSA) is 52.7 Å². The summed E-state index contributed by atoms with van der Waals surface area (Å²) < 4.78 is 0. The van der Waals surface area contributed by atoms with Crippen LogP contribution in [0.4, 0.5) is 5.69 Å². The van der Waals surface area contributed by atoms with Crippen molar-refractivity contribution in [2.45, 2.75) is 32.9 Å². The molecule has 1 fully saturated rings. The molecule has 0 bridgehead atoms. The van der Waals surface area contributed by atoms with E-state index in [4.69, 9.17) is 0 Å². The van der Waals surface area contributed by atoms with Crippen LogP contribution in [0.15, 0.2) is 48.5 Å². The predicted octanol–water partition coefficient (Wildman–Crippen LogP) is 2.98. The summed E-state index contributed by atoms with van der Waals surface area (Å²) in [5, 5.41) is 2.98. The second kappa shape index (κ2) is 9.02. The zero-order valence-corrected chi connectivity index (χ0v) is 16.9. The van der Waals surface area contributed by atoms with Gasteiger partial charge in [-0.25, -0.2) is 0 Å². The number of hydrogen-bond donors (Lipinski definition) is 1. The average molecular weight is 380 g/mol.